The molecule has 0 radical (unpaired) electrons. The molecule has 0 atom stereocenters. The van der Waals surface area contributed by atoms with Crippen LogP contribution in [-0.4, -0.2) is 30.8 Å². The Balaban J connectivity index is 1.59. The van der Waals surface area contributed by atoms with Crippen LogP contribution in [0, 0.1) is 0 Å². The van der Waals surface area contributed by atoms with Crippen LogP contribution in [0.4, 0.5) is 11.4 Å². The molecule has 1 aliphatic rings. The summed E-state index contributed by atoms with van der Waals surface area (Å²) in [6.07, 6.45) is 1.36. The monoisotopic (exact) mass is 415 g/mol. The van der Waals surface area contributed by atoms with Crippen LogP contribution in [-0.2, 0) is 9.59 Å². The minimum atomic E-state index is -0.360. The molecule has 3 rings (SSSR count). The molecule has 3 amide bonds. The van der Waals surface area contributed by atoms with Gasteiger partial charge in [-0.3, -0.25) is 14.4 Å². The molecule has 2 N–H and O–H groups in total. The number of amides is 3. The molecule has 2 aromatic rings. The van der Waals surface area contributed by atoms with E-state index in [2.05, 4.69) is 26.6 Å². The van der Waals surface area contributed by atoms with Crippen molar-refractivity contribution in [1.29, 1.82) is 0 Å². The first-order chi connectivity index (χ1) is 12.5. The van der Waals surface area contributed by atoms with Gasteiger partial charge >= 0.3 is 0 Å². The van der Waals surface area contributed by atoms with Gasteiger partial charge in [-0.15, -0.1) is 0 Å². The summed E-state index contributed by atoms with van der Waals surface area (Å²) in [4.78, 5) is 37.9. The molecule has 2 aromatic carbocycles. The highest BCUT2D eigenvalue weighted by atomic mass is 79.9. The SMILES string of the molecule is O=C(CNC(=O)c1cccc(N2CCCC2=O)c1)Nc1ccccc1Br. The fourth-order valence-electron chi connectivity index (χ4n) is 2.76. The predicted octanol–water partition coefficient (Wildman–Crippen LogP) is 2.94. The summed E-state index contributed by atoms with van der Waals surface area (Å²) >= 11 is 3.35. The van der Waals surface area contributed by atoms with E-state index in [-0.39, 0.29) is 24.3 Å². The number of anilines is 2. The minimum absolute atomic E-state index is 0.0652. The molecule has 134 valence electrons. The smallest absolute Gasteiger partial charge is 0.251 e. The lowest BCUT2D eigenvalue weighted by atomic mass is 10.1. The lowest BCUT2D eigenvalue weighted by Gasteiger charge is -2.16. The highest BCUT2D eigenvalue weighted by Crippen LogP contribution is 2.22. The van der Waals surface area contributed by atoms with Crippen LogP contribution in [0.3, 0.4) is 0 Å². The second kappa shape index (κ2) is 8.14. The van der Waals surface area contributed by atoms with Crippen molar-refractivity contribution in [2.45, 2.75) is 12.8 Å². The number of nitrogens with zero attached hydrogens (tertiary/aromatic N) is 1. The van der Waals surface area contributed by atoms with E-state index in [9.17, 15) is 14.4 Å². The third-order valence-electron chi connectivity index (χ3n) is 4.05. The van der Waals surface area contributed by atoms with Crippen LogP contribution in [0.2, 0.25) is 0 Å². The summed E-state index contributed by atoms with van der Waals surface area (Å²) < 4.78 is 0.766. The molecule has 0 aliphatic carbocycles. The van der Waals surface area contributed by atoms with Crippen molar-refractivity contribution >= 4 is 45.0 Å². The van der Waals surface area contributed by atoms with Crippen molar-refractivity contribution in [1.82, 2.24) is 5.32 Å². The zero-order valence-electron chi connectivity index (χ0n) is 14.0. The summed E-state index contributed by atoms with van der Waals surface area (Å²) in [6, 6.07) is 14.1. The van der Waals surface area contributed by atoms with E-state index in [0.717, 1.165) is 10.9 Å². The van der Waals surface area contributed by atoms with Crippen molar-refractivity contribution in [2.24, 2.45) is 0 Å². The van der Waals surface area contributed by atoms with E-state index >= 15 is 0 Å². The van der Waals surface area contributed by atoms with Gasteiger partial charge in [-0.25, -0.2) is 0 Å². The van der Waals surface area contributed by atoms with Gasteiger partial charge < -0.3 is 15.5 Å². The summed E-state index contributed by atoms with van der Waals surface area (Å²) in [5.41, 5.74) is 1.76. The molecular formula is C19H18BrN3O3. The molecule has 7 heteroatoms. The van der Waals surface area contributed by atoms with Gasteiger partial charge in [0.15, 0.2) is 0 Å². The third-order valence-corrected chi connectivity index (χ3v) is 4.74. The number of carbonyl (C=O) groups excluding carboxylic acids is 3. The Kier molecular flexibility index (Phi) is 5.68. The number of benzene rings is 2. The quantitative estimate of drug-likeness (QED) is 0.787. The van der Waals surface area contributed by atoms with E-state index in [0.29, 0.717) is 29.9 Å². The average Bonchev–Trinajstić information content (AvgIpc) is 3.08. The van der Waals surface area contributed by atoms with E-state index in [1.165, 1.54) is 0 Å². The topological polar surface area (TPSA) is 78.5 Å². The molecule has 1 fully saturated rings. The van der Waals surface area contributed by atoms with E-state index in [1.54, 1.807) is 35.2 Å². The van der Waals surface area contributed by atoms with Crippen molar-refractivity contribution in [2.75, 3.05) is 23.3 Å². The Bertz CT molecular complexity index is 853. The van der Waals surface area contributed by atoms with Crippen molar-refractivity contribution in [3.05, 3.63) is 58.6 Å². The first kappa shape index (κ1) is 18.1. The molecule has 1 aliphatic heterocycles. The van der Waals surface area contributed by atoms with Crippen LogP contribution in [0.25, 0.3) is 0 Å². The zero-order chi connectivity index (χ0) is 18.5. The lowest BCUT2D eigenvalue weighted by molar-refractivity contribution is -0.117. The number of hydrogen-bond donors (Lipinski definition) is 2. The van der Waals surface area contributed by atoms with Gasteiger partial charge in [0, 0.05) is 28.7 Å². The lowest BCUT2D eigenvalue weighted by Crippen LogP contribution is -2.33. The first-order valence-corrected chi connectivity index (χ1v) is 9.07. The van der Waals surface area contributed by atoms with Crippen LogP contribution in [0.15, 0.2) is 53.0 Å². The van der Waals surface area contributed by atoms with Crippen LogP contribution in [0.1, 0.15) is 23.2 Å². The largest absolute Gasteiger partial charge is 0.343 e. The summed E-state index contributed by atoms with van der Waals surface area (Å²) in [5.74, 6) is -0.618. The van der Waals surface area contributed by atoms with Crippen molar-refractivity contribution in [3.8, 4) is 0 Å². The van der Waals surface area contributed by atoms with Crippen LogP contribution in [0.5, 0.6) is 0 Å². The van der Waals surface area contributed by atoms with Crippen LogP contribution >= 0.6 is 15.9 Å². The van der Waals surface area contributed by atoms with Gasteiger partial charge in [-0.1, -0.05) is 18.2 Å². The van der Waals surface area contributed by atoms with Gasteiger partial charge in [0.05, 0.1) is 12.2 Å². The Morgan fingerprint density at radius 1 is 1.12 bits per heavy atom. The van der Waals surface area contributed by atoms with E-state index < -0.39 is 0 Å². The van der Waals surface area contributed by atoms with Gasteiger partial charge in [0.25, 0.3) is 5.91 Å². The minimum Gasteiger partial charge on any atom is -0.343 e. The number of halogens is 1. The molecule has 0 aromatic heterocycles. The van der Waals surface area contributed by atoms with Gasteiger partial charge in [0.2, 0.25) is 11.8 Å². The Labute approximate surface area is 159 Å². The molecule has 0 saturated carbocycles. The fraction of sp³-hybridized carbons (Fsp3) is 0.211. The second-order valence-electron chi connectivity index (χ2n) is 5.91. The average molecular weight is 416 g/mol. The third kappa shape index (κ3) is 4.29. The van der Waals surface area contributed by atoms with Gasteiger partial charge in [-0.05, 0) is 52.7 Å². The highest BCUT2D eigenvalue weighted by Gasteiger charge is 2.22. The molecule has 0 bridgehead atoms. The number of hydrogen-bond acceptors (Lipinski definition) is 3. The standard InChI is InChI=1S/C19H18BrN3O3/c20-15-7-1-2-8-16(15)22-17(24)12-21-19(26)13-5-3-6-14(11-13)23-10-4-9-18(23)25/h1-3,5-8,11H,4,9-10,12H2,(H,21,26)(H,22,24). The van der Waals surface area contributed by atoms with E-state index in [4.69, 9.17) is 0 Å². The number of para-hydroxylation sites is 1. The molecule has 6 nitrogen and oxygen atoms in total. The number of nitrogens with one attached hydrogen (secondary N) is 2. The normalized spacial score (nSPS) is 13.6. The van der Waals surface area contributed by atoms with Crippen molar-refractivity contribution < 1.29 is 14.4 Å². The highest BCUT2D eigenvalue weighted by molar-refractivity contribution is 9.10. The van der Waals surface area contributed by atoms with Gasteiger partial charge in [0.1, 0.15) is 0 Å². The zero-order valence-corrected chi connectivity index (χ0v) is 15.6. The molecule has 1 heterocycles. The summed E-state index contributed by atoms with van der Waals surface area (Å²) in [5, 5.41) is 5.32. The molecule has 1 saturated heterocycles. The molecule has 0 unspecified atom stereocenters. The maximum absolute atomic E-state index is 12.3. The molecule has 26 heavy (non-hydrogen) atoms. The maximum atomic E-state index is 12.3. The first-order valence-electron chi connectivity index (χ1n) is 8.27. The maximum Gasteiger partial charge on any atom is 0.251 e. The number of rotatable bonds is 5. The van der Waals surface area contributed by atoms with Crippen molar-refractivity contribution in [3.63, 3.8) is 0 Å². The molecular weight excluding hydrogens is 398 g/mol. The Hall–Kier alpha value is -2.67. The van der Waals surface area contributed by atoms with Gasteiger partial charge in [-0.2, -0.15) is 0 Å². The molecule has 0 spiro atoms. The summed E-state index contributed by atoms with van der Waals surface area (Å²) in [7, 11) is 0. The number of carbonyl (C=O) groups is 3. The Morgan fingerprint density at radius 3 is 2.65 bits per heavy atom. The predicted molar refractivity (Wildman–Crippen MR) is 103 cm³/mol. The van der Waals surface area contributed by atoms with Crippen LogP contribution < -0.4 is 15.5 Å². The summed E-state index contributed by atoms with van der Waals surface area (Å²) in [6.45, 7) is 0.519. The van der Waals surface area contributed by atoms with E-state index in [1.807, 2.05) is 18.2 Å². The Morgan fingerprint density at radius 2 is 1.92 bits per heavy atom. The second-order valence-corrected chi connectivity index (χ2v) is 6.76. The fourth-order valence-corrected chi connectivity index (χ4v) is 3.14.